The number of carbonyl (C=O) groups excluding carboxylic acids is 1. The molecule has 0 aliphatic carbocycles. The Balaban J connectivity index is 1.31. The maximum Gasteiger partial charge on any atom is 0.276 e. The van der Waals surface area contributed by atoms with Gasteiger partial charge in [-0.1, -0.05) is 60.7 Å². The van der Waals surface area contributed by atoms with Crippen LogP contribution in [0.1, 0.15) is 16.1 Å². The molecule has 0 unspecified atom stereocenters. The Bertz CT molecular complexity index is 1740. The highest BCUT2D eigenvalue weighted by Gasteiger charge is 2.17. The molecule has 0 radical (unpaired) electrons. The number of para-hydroxylation sites is 2. The van der Waals surface area contributed by atoms with Crippen LogP contribution < -0.4 is 10.9 Å². The molecule has 0 aliphatic rings. The molecule has 2 heterocycles. The molecule has 0 saturated heterocycles. The molecule has 4 aromatic carbocycles. The van der Waals surface area contributed by atoms with Gasteiger partial charge in [0.25, 0.3) is 11.5 Å². The Labute approximate surface area is 205 Å². The lowest BCUT2D eigenvalue weighted by atomic mass is 10.1. The summed E-state index contributed by atoms with van der Waals surface area (Å²) in [5, 5.41) is 8.30. The van der Waals surface area contributed by atoms with Crippen LogP contribution in [-0.2, 0) is 6.54 Å². The van der Waals surface area contributed by atoms with Crippen LogP contribution in [0.2, 0.25) is 0 Å². The average Bonchev–Trinajstić information content (AvgIpc) is 3.36. The highest BCUT2D eigenvalue weighted by molar-refractivity contribution is 6.11. The van der Waals surface area contributed by atoms with Crippen LogP contribution in [0.4, 0.5) is 5.69 Å². The molecule has 1 amide bonds. The van der Waals surface area contributed by atoms with Crippen LogP contribution in [0.25, 0.3) is 33.3 Å². The second-order valence-corrected chi connectivity index (χ2v) is 8.36. The fourth-order valence-electron chi connectivity index (χ4n) is 4.15. The van der Waals surface area contributed by atoms with Crippen molar-refractivity contribution in [3.63, 3.8) is 0 Å². The number of rotatable bonds is 5. The molecule has 7 nitrogen and oxygen atoms in total. The SMILES string of the molecule is O=C(Nc1ccc(-c2nc3ccccc3o2)cc1)c1nn(Cc2ccccc2)c(=O)c2ccccc12. The molecule has 2 aromatic heterocycles. The third-order valence-corrected chi connectivity index (χ3v) is 5.94. The van der Waals surface area contributed by atoms with Crippen molar-refractivity contribution >= 4 is 33.5 Å². The zero-order valence-electron chi connectivity index (χ0n) is 19.1. The normalized spacial score (nSPS) is 11.1. The Morgan fingerprint density at radius 3 is 2.28 bits per heavy atom. The first kappa shape index (κ1) is 21.5. The van der Waals surface area contributed by atoms with Crippen LogP contribution in [0.5, 0.6) is 0 Å². The monoisotopic (exact) mass is 472 g/mol. The van der Waals surface area contributed by atoms with Crippen LogP contribution in [0.15, 0.2) is 112 Å². The molecule has 0 saturated carbocycles. The van der Waals surface area contributed by atoms with Crippen molar-refractivity contribution in [3.8, 4) is 11.5 Å². The van der Waals surface area contributed by atoms with E-state index >= 15 is 0 Å². The van der Waals surface area contributed by atoms with E-state index in [9.17, 15) is 9.59 Å². The molecule has 0 atom stereocenters. The minimum atomic E-state index is -0.400. The number of benzene rings is 4. The second kappa shape index (κ2) is 8.96. The zero-order valence-corrected chi connectivity index (χ0v) is 19.1. The molecular formula is C29H20N4O3. The van der Waals surface area contributed by atoms with Crippen molar-refractivity contribution in [2.75, 3.05) is 5.32 Å². The molecule has 0 spiro atoms. The van der Waals surface area contributed by atoms with Gasteiger partial charge in [0.1, 0.15) is 5.52 Å². The van der Waals surface area contributed by atoms with Gasteiger partial charge in [0.15, 0.2) is 11.3 Å². The highest BCUT2D eigenvalue weighted by atomic mass is 16.3. The summed E-state index contributed by atoms with van der Waals surface area (Å²) in [5.74, 6) is 0.109. The largest absolute Gasteiger partial charge is 0.436 e. The quantitative estimate of drug-likeness (QED) is 0.358. The zero-order chi connectivity index (χ0) is 24.5. The van der Waals surface area contributed by atoms with E-state index in [1.54, 1.807) is 36.4 Å². The predicted molar refractivity (Wildman–Crippen MR) is 139 cm³/mol. The van der Waals surface area contributed by atoms with Crippen molar-refractivity contribution in [2.45, 2.75) is 6.54 Å². The molecule has 0 aliphatic heterocycles. The molecule has 174 valence electrons. The van der Waals surface area contributed by atoms with Gasteiger partial charge in [-0.25, -0.2) is 9.67 Å². The Morgan fingerprint density at radius 1 is 0.806 bits per heavy atom. The third kappa shape index (κ3) is 4.03. The summed E-state index contributed by atoms with van der Waals surface area (Å²) >= 11 is 0. The number of oxazole rings is 1. The number of amides is 1. The first-order valence-electron chi connectivity index (χ1n) is 11.5. The van der Waals surface area contributed by atoms with Gasteiger partial charge in [-0.15, -0.1) is 0 Å². The van der Waals surface area contributed by atoms with Crippen LogP contribution >= 0.6 is 0 Å². The predicted octanol–water partition coefficient (Wildman–Crippen LogP) is 5.51. The summed E-state index contributed by atoms with van der Waals surface area (Å²) in [6.07, 6.45) is 0. The lowest BCUT2D eigenvalue weighted by molar-refractivity contribution is 0.102. The first-order chi connectivity index (χ1) is 17.7. The maximum atomic E-state index is 13.3. The lowest BCUT2D eigenvalue weighted by Gasteiger charge is -2.12. The number of carbonyl (C=O) groups is 1. The molecule has 7 heteroatoms. The molecule has 0 fully saturated rings. The summed E-state index contributed by atoms with van der Waals surface area (Å²) < 4.78 is 7.16. The molecule has 36 heavy (non-hydrogen) atoms. The summed E-state index contributed by atoms with van der Waals surface area (Å²) in [7, 11) is 0. The van der Waals surface area contributed by atoms with E-state index in [2.05, 4.69) is 15.4 Å². The van der Waals surface area contributed by atoms with Crippen molar-refractivity contribution in [1.82, 2.24) is 14.8 Å². The van der Waals surface area contributed by atoms with E-state index < -0.39 is 5.91 Å². The first-order valence-corrected chi connectivity index (χ1v) is 11.5. The van der Waals surface area contributed by atoms with E-state index in [0.717, 1.165) is 16.6 Å². The Morgan fingerprint density at radius 2 is 1.50 bits per heavy atom. The number of fused-ring (bicyclic) bond motifs is 2. The van der Waals surface area contributed by atoms with Crippen molar-refractivity contribution in [2.24, 2.45) is 0 Å². The summed E-state index contributed by atoms with van der Waals surface area (Å²) in [6, 6.07) is 31.4. The standard InChI is InChI=1S/C29H20N4O3/c34-27(30-21-16-14-20(15-17-21)28-31-24-12-6-7-13-25(24)36-28)26-22-10-4-5-11-23(22)29(35)33(32-26)18-19-8-2-1-3-9-19/h1-17H,18H2,(H,30,34). The summed E-state index contributed by atoms with van der Waals surface area (Å²) in [5.41, 5.74) is 3.75. The maximum absolute atomic E-state index is 13.3. The second-order valence-electron chi connectivity index (χ2n) is 8.36. The molecule has 6 rings (SSSR count). The fraction of sp³-hybridized carbons (Fsp3) is 0.0345. The van der Waals surface area contributed by atoms with Crippen molar-refractivity contribution in [3.05, 3.63) is 125 Å². The number of hydrogen-bond donors (Lipinski definition) is 1. The third-order valence-electron chi connectivity index (χ3n) is 5.94. The van der Waals surface area contributed by atoms with E-state index in [1.165, 1.54) is 4.68 Å². The Kier molecular flexibility index (Phi) is 5.35. The van der Waals surface area contributed by atoms with Crippen LogP contribution in [-0.4, -0.2) is 20.7 Å². The summed E-state index contributed by atoms with van der Waals surface area (Å²) in [4.78, 5) is 30.9. The number of nitrogens with one attached hydrogen (secondary N) is 1. The fourth-order valence-corrected chi connectivity index (χ4v) is 4.15. The molecule has 1 N–H and O–H groups in total. The lowest BCUT2D eigenvalue weighted by Crippen LogP contribution is -2.28. The van der Waals surface area contributed by atoms with Crippen molar-refractivity contribution in [1.29, 1.82) is 0 Å². The molecule has 0 bridgehead atoms. The number of aromatic nitrogens is 3. The highest BCUT2D eigenvalue weighted by Crippen LogP contribution is 2.25. The van der Waals surface area contributed by atoms with Gasteiger partial charge in [0.05, 0.1) is 11.9 Å². The number of nitrogens with zero attached hydrogens (tertiary/aromatic N) is 3. The molecule has 6 aromatic rings. The van der Waals surface area contributed by atoms with Gasteiger partial charge < -0.3 is 9.73 Å². The van der Waals surface area contributed by atoms with Crippen molar-refractivity contribution < 1.29 is 9.21 Å². The average molecular weight is 473 g/mol. The molecular weight excluding hydrogens is 452 g/mol. The Hall–Kier alpha value is -5.04. The number of anilines is 1. The van der Waals surface area contributed by atoms with E-state index in [1.807, 2.05) is 66.7 Å². The van der Waals surface area contributed by atoms with Gasteiger partial charge in [-0.2, -0.15) is 5.10 Å². The summed E-state index contributed by atoms with van der Waals surface area (Å²) in [6.45, 7) is 0.268. The van der Waals surface area contributed by atoms with Gasteiger partial charge in [0.2, 0.25) is 5.89 Å². The van der Waals surface area contributed by atoms with E-state index in [4.69, 9.17) is 4.42 Å². The van der Waals surface area contributed by atoms with E-state index in [-0.39, 0.29) is 17.8 Å². The topological polar surface area (TPSA) is 90.0 Å². The van der Waals surface area contributed by atoms with Gasteiger partial charge in [0, 0.05) is 16.6 Å². The van der Waals surface area contributed by atoms with Gasteiger partial charge in [-0.05, 0) is 48.0 Å². The smallest absolute Gasteiger partial charge is 0.276 e. The minimum Gasteiger partial charge on any atom is -0.436 e. The van der Waals surface area contributed by atoms with Gasteiger partial charge in [-0.3, -0.25) is 9.59 Å². The van der Waals surface area contributed by atoms with E-state index in [0.29, 0.717) is 27.9 Å². The van der Waals surface area contributed by atoms with Crippen LogP contribution in [0.3, 0.4) is 0 Å². The number of hydrogen-bond acceptors (Lipinski definition) is 5. The van der Waals surface area contributed by atoms with Gasteiger partial charge >= 0.3 is 0 Å². The minimum absolute atomic E-state index is 0.184. The van der Waals surface area contributed by atoms with Crippen LogP contribution in [0, 0.1) is 0 Å².